The molecule has 0 aliphatic rings. The topological polar surface area (TPSA) is 63.3 Å². The molecule has 1 unspecified atom stereocenters. The molecule has 0 saturated heterocycles. The normalized spacial score (nSPS) is 12.1. The van der Waals surface area contributed by atoms with Gasteiger partial charge >= 0.3 is 5.97 Å². The molecule has 1 atom stereocenters. The number of carbonyl (C=O) groups is 1. The number of aromatic carboxylic acids is 1. The average Bonchev–Trinajstić information content (AvgIpc) is 2.48. The second-order valence-electron chi connectivity index (χ2n) is 4.95. The third-order valence-corrected chi connectivity index (χ3v) is 3.44. The summed E-state index contributed by atoms with van der Waals surface area (Å²) in [6.45, 7) is 2.09. The van der Waals surface area contributed by atoms with Crippen molar-refractivity contribution in [2.24, 2.45) is 5.73 Å². The zero-order valence-electron chi connectivity index (χ0n) is 11.5. The molecule has 0 aliphatic carbocycles. The summed E-state index contributed by atoms with van der Waals surface area (Å²) in [4.78, 5) is 10.8. The van der Waals surface area contributed by atoms with E-state index in [9.17, 15) is 4.79 Å². The van der Waals surface area contributed by atoms with Crippen molar-refractivity contribution in [1.29, 1.82) is 0 Å². The summed E-state index contributed by atoms with van der Waals surface area (Å²) in [6, 6.07) is 15.4. The number of carboxylic acids is 1. The lowest BCUT2D eigenvalue weighted by molar-refractivity contribution is 0.0697. The van der Waals surface area contributed by atoms with Gasteiger partial charge < -0.3 is 10.8 Å². The Hall–Kier alpha value is -2.13. The van der Waals surface area contributed by atoms with Gasteiger partial charge in [-0.1, -0.05) is 43.3 Å². The second kappa shape index (κ2) is 6.35. The van der Waals surface area contributed by atoms with Crippen LogP contribution in [0.15, 0.2) is 48.5 Å². The van der Waals surface area contributed by atoms with E-state index < -0.39 is 5.97 Å². The zero-order valence-corrected chi connectivity index (χ0v) is 11.5. The predicted octanol–water partition coefficient (Wildman–Crippen LogP) is 3.33. The average molecular weight is 269 g/mol. The van der Waals surface area contributed by atoms with E-state index in [-0.39, 0.29) is 6.04 Å². The van der Waals surface area contributed by atoms with Crippen LogP contribution in [0, 0.1) is 0 Å². The van der Waals surface area contributed by atoms with E-state index in [0.717, 1.165) is 24.0 Å². The number of carboxylic acid groups (broad SMARTS) is 1. The van der Waals surface area contributed by atoms with Crippen LogP contribution < -0.4 is 5.73 Å². The Bertz CT molecular complexity index is 573. The van der Waals surface area contributed by atoms with Crippen LogP contribution in [0.3, 0.4) is 0 Å². The van der Waals surface area contributed by atoms with Crippen molar-refractivity contribution in [3.63, 3.8) is 0 Å². The molecule has 0 fully saturated rings. The van der Waals surface area contributed by atoms with E-state index in [1.54, 1.807) is 12.1 Å². The van der Waals surface area contributed by atoms with Crippen LogP contribution in [-0.4, -0.2) is 17.1 Å². The Labute approximate surface area is 119 Å². The summed E-state index contributed by atoms with van der Waals surface area (Å²) in [6.07, 6.45) is 1.85. The molecule has 104 valence electrons. The third kappa shape index (κ3) is 3.45. The highest BCUT2D eigenvalue weighted by atomic mass is 16.4. The monoisotopic (exact) mass is 269 g/mol. The summed E-state index contributed by atoms with van der Waals surface area (Å²) >= 11 is 0. The minimum atomic E-state index is -0.902. The smallest absolute Gasteiger partial charge is 0.335 e. The zero-order chi connectivity index (χ0) is 14.5. The second-order valence-corrected chi connectivity index (χ2v) is 4.95. The van der Waals surface area contributed by atoms with E-state index in [0.29, 0.717) is 5.56 Å². The first kappa shape index (κ1) is 14.3. The largest absolute Gasteiger partial charge is 0.478 e. The van der Waals surface area contributed by atoms with E-state index in [1.165, 1.54) is 5.56 Å². The molecule has 3 heteroatoms. The van der Waals surface area contributed by atoms with Gasteiger partial charge in [0.25, 0.3) is 0 Å². The molecule has 2 aromatic carbocycles. The van der Waals surface area contributed by atoms with E-state index in [2.05, 4.69) is 19.1 Å². The van der Waals surface area contributed by atoms with Gasteiger partial charge in [0, 0.05) is 6.04 Å². The Morgan fingerprint density at radius 1 is 1.05 bits per heavy atom. The molecule has 0 aromatic heterocycles. The molecule has 2 rings (SSSR count). The van der Waals surface area contributed by atoms with E-state index >= 15 is 0 Å². The molecule has 0 aliphatic heterocycles. The van der Waals surface area contributed by atoms with Crippen molar-refractivity contribution in [3.05, 3.63) is 59.7 Å². The number of hydrogen-bond donors (Lipinski definition) is 2. The van der Waals surface area contributed by atoms with E-state index in [4.69, 9.17) is 10.8 Å². The molecule has 2 aromatic rings. The molecular formula is C17H19NO2. The lowest BCUT2D eigenvalue weighted by atomic mass is 9.99. The van der Waals surface area contributed by atoms with Crippen LogP contribution in [0.4, 0.5) is 0 Å². The SMILES string of the molecule is CCC(N)Cc1ccc(-c2ccc(C(=O)O)cc2)cc1. The van der Waals surface area contributed by atoms with Gasteiger partial charge in [-0.2, -0.15) is 0 Å². The summed E-state index contributed by atoms with van der Waals surface area (Å²) in [5.41, 5.74) is 9.57. The lowest BCUT2D eigenvalue weighted by Crippen LogP contribution is -2.21. The van der Waals surface area contributed by atoms with Crippen molar-refractivity contribution in [2.75, 3.05) is 0 Å². The molecule has 20 heavy (non-hydrogen) atoms. The molecule has 0 heterocycles. The van der Waals surface area contributed by atoms with Crippen molar-refractivity contribution in [2.45, 2.75) is 25.8 Å². The Morgan fingerprint density at radius 2 is 1.55 bits per heavy atom. The first-order valence-electron chi connectivity index (χ1n) is 6.78. The maximum absolute atomic E-state index is 10.8. The van der Waals surface area contributed by atoms with Crippen molar-refractivity contribution in [3.8, 4) is 11.1 Å². The Balaban J connectivity index is 2.15. The molecule has 0 saturated carbocycles. The maximum atomic E-state index is 10.8. The molecule has 0 bridgehead atoms. The Kier molecular flexibility index (Phi) is 4.53. The van der Waals surface area contributed by atoms with Crippen LogP contribution in [0.2, 0.25) is 0 Å². The fraction of sp³-hybridized carbons (Fsp3) is 0.235. The first-order valence-corrected chi connectivity index (χ1v) is 6.78. The third-order valence-electron chi connectivity index (χ3n) is 3.44. The summed E-state index contributed by atoms with van der Waals surface area (Å²) in [7, 11) is 0. The van der Waals surface area contributed by atoms with Gasteiger partial charge in [0.1, 0.15) is 0 Å². The minimum absolute atomic E-state index is 0.204. The molecule has 3 nitrogen and oxygen atoms in total. The van der Waals surface area contributed by atoms with Crippen LogP contribution in [-0.2, 0) is 6.42 Å². The van der Waals surface area contributed by atoms with Gasteiger partial charge in [0.05, 0.1) is 5.56 Å². The molecular weight excluding hydrogens is 250 g/mol. The maximum Gasteiger partial charge on any atom is 0.335 e. The number of benzene rings is 2. The molecule has 0 radical (unpaired) electrons. The minimum Gasteiger partial charge on any atom is -0.478 e. The predicted molar refractivity (Wildman–Crippen MR) is 80.8 cm³/mol. The number of hydrogen-bond acceptors (Lipinski definition) is 2. The molecule has 0 spiro atoms. The van der Waals surface area contributed by atoms with Crippen LogP contribution in [0.1, 0.15) is 29.3 Å². The van der Waals surface area contributed by atoms with Crippen LogP contribution >= 0.6 is 0 Å². The standard InChI is InChI=1S/C17H19NO2/c1-2-16(18)11-12-3-5-13(6-4-12)14-7-9-15(10-8-14)17(19)20/h3-10,16H,2,11,18H2,1H3,(H,19,20). The van der Waals surface area contributed by atoms with Gasteiger partial charge in [0.2, 0.25) is 0 Å². The summed E-state index contributed by atoms with van der Waals surface area (Å²) in [5.74, 6) is -0.902. The van der Waals surface area contributed by atoms with E-state index in [1.807, 2.05) is 24.3 Å². The lowest BCUT2D eigenvalue weighted by Gasteiger charge is -2.09. The van der Waals surface area contributed by atoms with Crippen LogP contribution in [0.5, 0.6) is 0 Å². The summed E-state index contributed by atoms with van der Waals surface area (Å²) in [5, 5.41) is 8.88. The highest BCUT2D eigenvalue weighted by molar-refractivity contribution is 5.88. The number of nitrogens with two attached hydrogens (primary N) is 1. The van der Waals surface area contributed by atoms with Gasteiger partial charge in [-0.05, 0) is 41.7 Å². The van der Waals surface area contributed by atoms with Gasteiger partial charge in [-0.15, -0.1) is 0 Å². The molecule has 0 amide bonds. The highest BCUT2D eigenvalue weighted by Gasteiger charge is 2.04. The van der Waals surface area contributed by atoms with Crippen molar-refractivity contribution >= 4 is 5.97 Å². The van der Waals surface area contributed by atoms with Gasteiger partial charge in [0.15, 0.2) is 0 Å². The first-order chi connectivity index (χ1) is 9.60. The quantitative estimate of drug-likeness (QED) is 0.875. The fourth-order valence-electron chi connectivity index (χ4n) is 2.09. The number of rotatable bonds is 5. The van der Waals surface area contributed by atoms with Crippen molar-refractivity contribution in [1.82, 2.24) is 0 Å². The fourth-order valence-corrected chi connectivity index (χ4v) is 2.09. The highest BCUT2D eigenvalue weighted by Crippen LogP contribution is 2.21. The van der Waals surface area contributed by atoms with Gasteiger partial charge in [-0.3, -0.25) is 0 Å². The van der Waals surface area contributed by atoms with Crippen molar-refractivity contribution < 1.29 is 9.90 Å². The summed E-state index contributed by atoms with van der Waals surface area (Å²) < 4.78 is 0. The Morgan fingerprint density at radius 3 is 2.00 bits per heavy atom. The van der Waals surface area contributed by atoms with Crippen LogP contribution in [0.25, 0.3) is 11.1 Å². The molecule has 3 N–H and O–H groups in total. The van der Waals surface area contributed by atoms with Gasteiger partial charge in [-0.25, -0.2) is 4.79 Å².